The quantitative estimate of drug-likeness (QED) is 0.527. The SMILES string of the molecule is COCCn1ccc2ccc(C(=O)NCCc3c[nH]c4ccccc34)cc21. The van der Waals surface area contributed by atoms with Crippen molar-refractivity contribution < 1.29 is 9.53 Å². The molecular weight excluding hydrogens is 338 g/mol. The van der Waals surface area contributed by atoms with E-state index in [4.69, 9.17) is 4.74 Å². The van der Waals surface area contributed by atoms with Gasteiger partial charge in [-0.2, -0.15) is 0 Å². The van der Waals surface area contributed by atoms with Gasteiger partial charge in [0, 0.05) is 54.6 Å². The van der Waals surface area contributed by atoms with Crippen LogP contribution in [0.5, 0.6) is 0 Å². The van der Waals surface area contributed by atoms with Gasteiger partial charge >= 0.3 is 0 Å². The molecule has 2 heterocycles. The van der Waals surface area contributed by atoms with Gasteiger partial charge in [0.25, 0.3) is 5.91 Å². The van der Waals surface area contributed by atoms with Crippen LogP contribution in [0.1, 0.15) is 15.9 Å². The van der Waals surface area contributed by atoms with E-state index < -0.39 is 0 Å². The number of nitrogens with zero attached hydrogens (tertiary/aromatic N) is 1. The number of fused-ring (bicyclic) bond motifs is 2. The number of amides is 1. The van der Waals surface area contributed by atoms with Crippen molar-refractivity contribution in [3.05, 3.63) is 72.1 Å². The van der Waals surface area contributed by atoms with E-state index in [1.807, 2.05) is 42.7 Å². The van der Waals surface area contributed by atoms with Crippen LogP contribution in [-0.4, -0.2) is 35.7 Å². The van der Waals surface area contributed by atoms with Crippen molar-refractivity contribution >= 4 is 27.7 Å². The Balaban J connectivity index is 1.43. The predicted octanol–water partition coefficient (Wildman–Crippen LogP) is 3.74. The number of aromatic nitrogens is 2. The molecule has 0 unspecified atom stereocenters. The summed E-state index contributed by atoms with van der Waals surface area (Å²) in [5.74, 6) is -0.0452. The van der Waals surface area contributed by atoms with Crippen LogP contribution in [-0.2, 0) is 17.7 Å². The lowest BCUT2D eigenvalue weighted by Gasteiger charge is -2.08. The summed E-state index contributed by atoms with van der Waals surface area (Å²) in [6, 6.07) is 16.1. The van der Waals surface area contributed by atoms with E-state index in [0.717, 1.165) is 29.4 Å². The predicted molar refractivity (Wildman–Crippen MR) is 108 cm³/mol. The number of rotatable bonds is 7. The van der Waals surface area contributed by atoms with Gasteiger partial charge in [-0.1, -0.05) is 24.3 Å². The Morgan fingerprint density at radius 3 is 2.96 bits per heavy atom. The molecule has 0 atom stereocenters. The zero-order valence-electron chi connectivity index (χ0n) is 15.4. The Morgan fingerprint density at radius 2 is 2.07 bits per heavy atom. The van der Waals surface area contributed by atoms with Crippen LogP contribution in [0.3, 0.4) is 0 Å². The molecule has 0 aliphatic carbocycles. The monoisotopic (exact) mass is 361 g/mol. The molecule has 0 aliphatic rings. The molecule has 27 heavy (non-hydrogen) atoms. The average Bonchev–Trinajstić information content (AvgIpc) is 3.30. The fraction of sp³-hybridized carbons (Fsp3) is 0.227. The molecule has 5 heteroatoms. The summed E-state index contributed by atoms with van der Waals surface area (Å²) >= 11 is 0. The van der Waals surface area contributed by atoms with Crippen molar-refractivity contribution in [1.29, 1.82) is 0 Å². The van der Waals surface area contributed by atoms with E-state index in [9.17, 15) is 4.79 Å². The van der Waals surface area contributed by atoms with Gasteiger partial charge in [-0.15, -0.1) is 0 Å². The molecule has 0 bridgehead atoms. The highest BCUT2D eigenvalue weighted by Gasteiger charge is 2.09. The Kier molecular flexibility index (Phi) is 4.94. The molecule has 0 spiro atoms. The normalized spacial score (nSPS) is 11.3. The third-order valence-corrected chi connectivity index (χ3v) is 4.93. The van der Waals surface area contributed by atoms with Gasteiger partial charge in [-0.25, -0.2) is 0 Å². The Labute approximate surface area is 157 Å². The first-order chi connectivity index (χ1) is 13.3. The van der Waals surface area contributed by atoms with Crippen LogP contribution in [0.4, 0.5) is 0 Å². The van der Waals surface area contributed by atoms with E-state index in [1.165, 1.54) is 10.9 Å². The molecule has 2 aromatic heterocycles. The van der Waals surface area contributed by atoms with Crippen LogP contribution >= 0.6 is 0 Å². The maximum absolute atomic E-state index is 12.6. The fourth-order valence-electron chi connectivity index (χ4n) is 3.46. The standard InChI is InChI=1S/C22H23N3O2/c1-27-13-12-25-11-9-16-6-7-17(14-21(16)25)22(26)23-10-8-18-15-24-20-5-3-2-4-19(18)20/h2-7,9,11,14-15,24H,8,10,12-13H2,1H3,(H,23,26). The number of methoxy groups -OCH3 is 1. The zero-order chi connectivity index (χ0) is 18.6. The van der Waals surface area contributed by atoms with Crippen LogP contribution < -0.4 is 5.32 Å². The maximum Gasteiger partial charge on any atom is 0.251 e. The second-order valence-electron chi connectivity index (χ2n) is 6.64. The maximum atomic E-state index is 12.6. The molecule has 0 radical (unpaired) electrons. The number of hydrogen-bond donors (Lipinski definition) is 2. The van der Waals surface area contributed by atoms with Gasteiger partial charge in [0.1, 0.15) is 0 Å². The summed E-state index contributed by atoms with van der Waals surface area (Å²) < 4.78 is 7.27. The minimum absolute atomic E-state index is 0.0452. The number of nitrogens with one attached hydrogen (secondary N) is 2. The van der Waals surface area contributed by atoms with E-state index in [1.54, 1.807) is 7.11 Å². The van der Waals surface area contributed by atoms with E-state index in [-0.39, 0.29) is 5.91 Å². The minimum Gasteiger partial charge on any atom is -0.383 e. The first kappa shape index (κ1) is 17.4. The molecule has 4 rings (SSSR count). The summed E-state index contributed by atoms with van der Waals surface area (Å²) in [5, 5.41) is 5.37. The van der Waals surface area contributed by atoms with E-state index in [0.29, 0.717) is 18.7 Å². The summed E-state index contributed by atoms with van der Waals surface area (Å²) in [7, 11) is 1.69. The van der Waals surface area contributed by atoms with Gasteiger partial charge in [-0.3, -0.25) is 4.79 Å². The van der Waals surface area contributed by atoms with Crippen molar-refractivity contribution in [2.75, 3.05) is 20.3 Å². The number of carbonyl (C=O) groups is 1. The van der Waals surface area contributed by atoms with Crippen molar-refractivity contribution in [2.24, 2.45) is 0 Å². The largest absolute Gasteiger partial charge is 0.383 e. The highest BCUT2D eigenvalue weighted by Crippen LogP contribution is 2.19. The van der Waals surface area contributed by atoms with Gasteiger partial charge in [0.15, 0.2) is 0 Å². The lowest BCUT2D eigenvalue weighted by molar-refractivity contribution is 0.0954. The summed E-state index contributed by atoms with van der Waals surface area (Å²) in [4.78, 5) is 15.8. The third-order valence-electron chi connectivity index (χ3n) is 4.93. The van der Waals surface area contributed by atoms with Crippen molar-refractivity contribution in [2.45, 2.75) is 13.0 Å². The van der Waals surface area contributed by atoms with Gasteiger partial charge in [0.05, 0.1) is 6.61 Å². The topological polar surface area (TPSA) is 59.0 Å². The number of ether oxygens (including phenoxy) is 1. The lowest BCUT2D eigenvalue weighted by Crippen LogP contribution is -2.25. The first-order valence-corrected chi connectivity index (χ1v) is 9.17. The summed E-state index contributed by atoms with van der Waals surface area (Å²) in [6.45, 7) is 2.01. The Bertz CT molecular complexity index is 1080. The number of benzene rings is 2. The Hall–Kier alpha value is -3.05. The second kappa shape index (κ2) is 7.68. The number of H-pyrrole nitrogens is 1. The van der Waals surface area contributed by atoms with Crippen LogP contribution in [0.15, 0.2) is 60.9 Å². The zero-order valence-corrected chi connectivity index (χ0v) is 15.4. The number of carbonyl (C=O) groups excluding carboxylic acids is 1. The van der Waals surface area contributed by atoms with Gasteiger partial charge in [-0.05, 0) is 41.6 Å². The first-order valence-electron chi connectivity index (χ1n) is 9.17. The van der Waals surface area contributed by atoms with Crippen molar-refractivity contribution in [1.82, 2.24) is 14.9 Å². The van der Waals surface area contributed by atoms with Gasteiger partial charge in [0.2, 0.25) is 0 Å². The molecule has 0 saturated heterocycles. The number of aromatic amines is 1. The lowest BCUT2D eigenvalue weighted by atomic mass is 10.1. The molecule has 5 nitrogen and oxygen atoms in total. The van der Waals surface area contributed by atoms with Crippen LogP contribution in [0, 0.1) is 0 Å². The molecule has 1 amide bonds. The molecule has 0 saturated carbocycles. The van der Waals surface area contributed by atoms with E-state index in [2.05, 4.69) is 33.1 Å². The summed E-state index contributed by atoms with van der Waals surface area (Å²) in [5.41, 5.74) is 4.08. The number of hydrogen-bond acceptors (Lipinski definition) is 2. The highest BCUT2D eigenvalue weighted by molar-refractivity contribution is 5.98. The van der Waals surface area contributed by atoms with Crippen LogP contribution in [0.2, 0.25) is 0 Å². The molecular formula is C22H23N3O2. The highest BCUT2D eigenvalue weighted by atomic mass is 16.5. The fourth-order valence-corrected chi connectivity index (χ4v) is 3.46. The van der Waals surface area contributed by atoms with Crippen molar-refractivity contribution in [3.63, 3.8) is 0 Å². The number of para-hydroxylation sites is 1. The molecule has 0 aliphatic heterocycles. The average molecular weight is 361 g/mol. The van der Waals surface area contributed by atoms with Crippen LogP contribution in [0.25, 0.3) is 21.8 Å². The molecule has 0 fully saturated rings. The van der Waals surface area contributed by atoms with E-state index >= 15 is 0 Å². The second-order valence-corrected chi connectivity index (χ2v) is 6.64. The smallest absolute Gasteiger partial charge is 0.251 e. The van der Waals surface area contributed by atoms with Gasteiger partial charge < -0.3 is 19.6 Å². The molecule has 2 N–H and O–H groups in total. The molecule has 138 valence electrons. The molecule has 2 aromatic carbocycles. The molecule has 4 aromatic rings. The minimum atomic E-state index is -0.0452. The summed E-state index contributed by atoms with van der Waals surface area (Å²) in [6.07, 6.45) is 4.84. The third kappa shape index (κ3) is 3.59. The van der Waals surface area contributed by atoms with Crippen molar-refractivity contribution in [3.8, 4) is 0 Å². The Morgan fingerprint density at radius 1 is 1.19 bits per heavy atom.